The van der Waals surface area contributed by atoms with Gasteiger partial charge in [0.2, 0.25) is 5.91 Å². The van der Waals surface area contributed by atoms with Crippen molar-refractivity contribution in [1.29, 1.82) is 0 Å². The van der Waals surface area contributed by atoms with Crippen LogP contribution in [-0.2, 0) is 89.0 Å². The van der Waals surface area contributed by atoms with Crippen LogP contribution in [0.5, 0.6) is 0 Å². The fraction of sp³-hybridized carbons (Fsp3) is 0.818. The molecule has 1 aromatic heterocycles. The van der Waals surface area contributed by atoms with Gasteiger partial charge in [-0.25, -0.2) is 9.59 Å². The third kappa shape index (κ3) is 36.2. The number of aliphatic carboxylic acids is 2. The zero-order chi connectivity index (χ0) is 40.6. The summed E-state index contributed by atoms with van der Waals surface area (Å²) in [5.74, 6) is -2.05. The van der Waals surface area contributed by atoms with Crippen molar-refractivity contribution in [3.63, 3.8) is 0 Å². The highest BCUT2D eigenvalue weighted by Crippen LogP contribution is 1.96. The van der Waals surface area contributed by atoms with Crippen LogP contribution in [0.4, 0.5) is 0 Å². The van der Waals surface area contributed by atoms with Crippen LogP contribution in [0.15, 0.2) is 0 Å². The van der Waals surface area contributed by atoms with Crippen LogP contribution in [0.1, 0.15) is 18.1 Å². The third-order valence-electron chi connectivity index (χ3n) is 6.30. The number of aryl methyl sites for hydroxylation is 1. The van der Waals surface area contributed by atoms with Crippen molar-refractivity contribution in [1.82, 2.24) is 25.7 Å². The molecular formula is C33H57N5O18. The third-order valence-corrected chi connectivity index (χ3v) is 6.30. The number of rotatable bonds is 43. The number of carboxylic acids is 2. The molecule has 0 atom stereocenters. The normalized spacial score (nSPS) is 11.2. The lowest BCUT2D eigenvalue weighted by Gasteiger charge is -2.08. The molecular weight excluding hydrogens is 754 g/mol. The van der Waals surface area contributed by atoms with E-state index in [4.69, 9.17) is 67.1 Å². The van der Waals surface area contributed by atoms with E-state index in [1.54, 1.807) is 0 Å². The van der Waals surface area contributed by atoms with Crippen LogP contribution in [0.2, 0.25) is 0 Å². The zero-order valence-electron chi connectivity index (χ0n) is 31.8. The average Bonchev–Trinajstić information content (AvgIpc) is 3.18. The first kappa shape index (κ1) is 50.6. The molecule has 0 aliphatic heterocycles. The lowest BCUT2D eigenvalue weighted by molar-refractivity contribution is -0.143. The van der Waals surface area contributed by atoms with Crippen LogP contribution in [0.25, 0.3) is 0 Å². The second-order valence-corrected chi connectivity index (χ2v) is 10.9. The van der Waals surface area contributed by atoms with Gasteiger partial charge < -0.3 is 72.4 Å². The molecule has 23 heteroatoms. The van der Waals surface area contributed by atoms with Crippen molar-refractivity contribution >= 4 is 23.6 Å². The maximum Gasteiger partial charge on any atom is 0.329 e. The molecule has 322 valence electrons. The first-order valence-corrected chi connectivity index (χ1v) is 18.1. The van der Waals surface area contributed by atoms with Crippen LogP contribution >= 0.6 is 0 Å². The number of nitrogens with zero attached hydrogens (tertiary/aromatic N) is 4. The fourth-order valence-corrected chi connectivity index (χ4v) is 3.66. The van der Waals surface area contributed by atoms with Crippen molar-refractivity contribution in [2.75, 3.05) is 159 Å². The molecule has 0 saturated heterocycles. The topological polar surface area (TPSA) is 283 Å². The predicted octanol–water partition coefficient (Wildman–Crippen LogP) is -2.25. The maximum absolute atomic E-state index is 12.1. The number of ketones is 1. The second kappa shape index (κ2) is 38.4. The average molecular weight is 812 g/mol. The second-order valence-electron chi connectivity index (χ2n) is 10.9. The Morgan fingerprint density at radius 1 is 0.393 bits per heavy atom. The molecule has 0 spiro atoms. The van der Waals surface area contributed by atoms with E-state index in [9.17, 15) is 19.2 Å². The zero-order valence-corrected chi connectivity index (χ0v) is 31.8. The summed E-state index contributed by atoms with van der Waals surface area (Å²) < 4.78 is 63.0. The number of amides is 1. The minimum absolute atomic E-state index is 0.0134. The van der Waals surface area contributed by atoms with E-state index in [0.717, 1.165) is 0 Å². The smallest absolute Gasteiger partial charge is 0.329 e. The molecule has 0 saturated carbocycles. The Balaban J connectivity index is 1.86. The number of Topliss-reactive ketones (excluding diaryl/α,β-unsaturated/α-hetero) is 1. The van der Waals surface area contributed by atoms with Crippen molar-refractivity contribution in [3.05, 3.63) is 11.6 Å². The molecule has 0 aromatic carbocycles. The first-order chi connectivity index (χ1) is 27.4. The van der Waals surface area contributed by atoms with Crippen molar-refractivity contribution < 1.29 is 86.2 Å². The van der Waals surface area contributed by atoms with Gasteiger partial charge in [-0.3, -0.25) is 9.59 Å². The van der Waals surface area contributed by atoms with Crippen molar-refractivity contribution in [2.45, 2.75) is 19.4 Å². The molecule has 0 radical (unpaired) electrons. The summed E-state index contributed by atoms with van der Waals surface area (Å²) >= 11 is 0. The highest BCUT2D eigenvalue weighted by Gasteiger charge is 2.09. The minimum Gasteiger partial charge on any atom is -0.480 e. The number of nitrogens with one attached hydrogen (secondary N) is 1. The Hall–Kier alpha value is -3.46. The molecule has 1 rings (SSSR count). The molecule has 0 aliphatic carbocycles. The van der Waals surface area contributed by atoms with E-state index < -0.39 is 11.9 Å². The number of carbonyl (C=O) groups is 4. The molecule has 0 fully saturated rings. The Morgan fingerprint density at radius 3 is 1.02 bits per heavy atom. The highest BCUT2D eigenvalue weighted by molar-refractivity contribution is 5.79. The van der Waals surface area contributed by atoms with Crippen LogP contribution < -0.4 is 5.32 Å². The molecule has 1 heterocycles. The summed E-state index contributed by atoms with van der Waals surface area (Å²) in [6, 6.07) is 0. The van der Waals surface area contributed by atoms with E-state index in [1.807, 2.05) is 0 Å². The monoisotopic (exact) mass is 811 g/mol. The molecule has 3 N–H and O–H groups in total. The van der Waals surface area contributed by atoms with Crippen LogP contribution in [0, 0.1) is 0 Å². The number of aromatic nitrogens is 4. The number of carbonyl (C=O) groups excluding carboxylic acids is 2. The summed E-state index contributed by atoms with van der Waals surface area (Å²) in [5, 5.41) is 35.2. The van der Waals surface area contributed by atoms with Crippen LogP contribution in [0.3, 0.4) is 0 Å². The van der Waals surface area contributed by atoms with E-state index >= 15 is 0 Å². The summed E-state index contributed by atoms with van der Waals surface area (Å²) in [6.45, 7) is 5.72. The molecule has 0 aliphatic rings. The Morgan fingerprint density at radius 2 is 0.679 bits per heavy atom. The minimum atomic E-state index is -1.02. The van der Waals surface area contributed by atoms with Gasteiger partial charge in [-0.1, -0.05) is 0 Å². The van der Waals surface area contributed by atoms with E-state index in [2.05, 4.69) is 25.7 Å². The molecule has 56 heavy (non-hydrogen) atoms. The largest absolute Gasteiger partial charge is 0.480 e. The SMILES string of the molecule is O=C(O)COCCOCCOCCOCCOCCOCC(=O)CCc1nnc(CNC(=O)COCCOCCOCCOCCOCCOCC(=O)O)nn1. The lowest BCUT2D eigenvalue weighted by atomic mass is 10.2. The predicted molar refractivity (Wildman–Crippen MR) is 188 cm³/mol. The maximum atomic E-state index is 12.1. The van der Waals surface area contributed by atoms with E-state index in [-0.39, 0.29) is 96.4 Å². The van der Waals surface area contributed by atoms with Gasteiger partial charge in [-0.15, -0.1) is 20.4 Å². The number of hydrogen-bond donors (Lipinski definition) is 3. The quantitative estimate of drug-likeness (QED) is 0.0588. The van der Waals surface area contributed by atoms with E-state index in [1.165, 1.54) is 0 Å². The Labute approximate surface area is 325 Å². The number of hydrogen-bond acceptors (Lipinski definition) is 20. The summed E-state index contributed by atoms with van der Waals surface area (Å²) in [6.07, 6.45) is 0.397. The molecule has 23 nitrogen and oxygen atoms in total. The number of ether oxygens (including phenoxy) is 12. The van der Waals surface area contributed by atoms with E-state index in [0.29, 0.717) is 105 Å². The van der Waals surface area contributed by atoms with Gasteiger partial charge in [-0.05, 0) is 0 Å². The molecule has 0 unspecified atom stereocenters. The van der Waals surface area contributed by atoms with Gasteiger partial charge in [0.05, 0.1) is 139 Å². The van der Waals surface area contributed by atoms with Gasteiger partial charge in [0.1, 0.15) is 26.4 Å². The highest BCUT2D eigenvalue weighted by atomic mass is 16.6. The number of carboxylic acid groups (broad SMARTS) is 2. The molecule has 1 amide bonds. The van der Waals surface area contributed by atoms with Gasteiger partial charge in [0, 0.05) is 12.8 Å². The lowest BCUT2D eigenvalue weighted by Crippen LogP contribution is -2.29. The fourth-order valence-electron chi connectivity index (χ4n) is 3.66. The van der Waals surface area contributed by atoms with Gasteiger partial charge in [-0.2, -0.15) is 0 Å². The molecule has 0 bridgehead atoms. The standard InChI is InChI=1S/C33H57N5O18/c39-28(24-53-19-15-49-11-7-45-3-5-47-9-13-51-17-21-55-26-32(41)42)1-2-29-35-37-30(38-36-29)23-34-31(40)25-54-20-16-50-12-8-46-4-6-48-10-14-52-18-22-56-27-33(43)44/h1-27H2,(H,34,40)(H,41,42)(H,43,44). The Kier molecular flexibility index (Phi) is 34.7. The van der Waals surface area contributed by atoms with Gasteiger partial charge in [0.15, 0.2) is 17.4 Å². The summed E-state index contributed by atoms with van der Waals surface area (Å²) in [5.41, 5.74) is 0. The Bertz CT molecular complexity index is 1040. The summed E-state index contributed by atoms with van der Waals surface area (Å²) in [4.78, 5) is 44.7. The van der Waals surface area contributed by atoms with Crippen molar-refractivity contribution in [3.8, 4) is 0 Å². The van der Waals surface area contributed by atoms with Gasteiger partial charge in [0.25, 0.3) is 0 Å². The van der Waals surface area contributed by atoms with Crippen LogP contribution in [-0.4, -0.2) is 213 Å². The molecule has 1 aromatic rings. The van der Waals surface area contributed by atoms with Gasteiger partial charge >= 0.3 is 11.9 Å². The summed E-state index contributed by atoms with van der Waals surface area (Å²) in [7, 11) is 0. The van der Waals surface area contributed by atoms with Crippen molar-refractivity contribution in [2.24, 2.45) is 0 Å². The first-order valence-electron chi connectivity index (χ1n) is 18.1.